The molecule has 182 valence electrons. The smallest absolute Gasteiger partial charge is 0.255 e. The van der Waals surface area contributed by atoms with E-state index in [9.17, 15) is 9.59 Å². The number of nitrogens with zero attached hydrogens (tertiary/aromatic N) is 5. The molecule has 0 aliphatic rings. The summed E-state index contributed by atoms with van der Waals surface area (Å²) in [5.74, 6) is 0.486. The van der Waals surface area contributed by atoms with Gasteiger partial charge in [-0.25, -0.2) is 4.98 Å². The predicted octanol–water partition coefficient (Wildman–Crippen LogP) is 3.38. The third kappa shape index (κ3) is 6.23. The van der Waals surface area contributed by atoms with Gasteiger partial charge in [-0.3, -0.25) is 19.0 Å². The lowest BCUT2D eigenvalue weighted by atomic mass is 10.1. The SMILES string of the molecule is Cn1cc(C(=O)NC(CCCCCC(N)=O)c2ncc(-c3ccc(-c4ccn(C)n4)cc3)o2)cn1. The van der Waals surface area contributed by atoms with Crippen molar-refractivity contribution in [2.24, 2.45) is 19.8 Å². The summed E-state index contributed by atoms with van der Waals surface area (Å²) >= 11 is 0. The highest BCUT2D eigenvalue weighted by Crippen LogP contribution is 2.28. The van der Waals surface area contributed by atoms with Crippen LogP contribution in [0.2, 0.25) is 0 Å². The van der Waals surface area contributed by atoms with Gasteiger partial charge in [-0.15, -0.1) is 0 Å². The molecule has 0 aliphatic carbocycles. The zero-order valence-corrected chi connectivity index (χ0v) is 19.8. The summed E-state index contributed by atoms with van der Waals surface area (Å²) in [6.45, 7) is 0. The van der Waals surface area contributed by atoms with Crippen molar-refractivity contribution in [3.05, 3.63) is 66.6 Å². The van der Waals surface area contributed by atoms with Crippen molar-refractivity contribution >= 4 is 11.8 Å². The number of aryl methyl sites for hydroxylation is 2. The van der Waals surface area contributed by atoms with E-state index < -0.39 is 6.04 Å². The third-order valence-corrected chi connectivity index (χ3v) is 5.69. The molecule has 4 aromatic rings. The van der Waals surface area contributed by atoms with E-state index in [0.717, 1.165) is 29.7 Å². The molecule has 1 atom stereocenters. The molecule has 10 heteroatoms. The molecule has 0 aliphatic heterocycles. The molecule has 0 saturated carbocycles. The van der Waals surface area contributed by atoms with Gasteiger partial charge in [0.25, 0.3) is 5.91 Å². The largest absolute Gasteiger partial charge is 0.438 e. The number of amides is 2. The topological polar surface area (TPSA) is 134 Å². The second-order valence-corrected chi connectivity index (χ2v) is 8.51. The Kier molecular flexibility index (Phi) is 7.39. The minimum Gasteiger partial charge on any atom is -0.438 e. The highest BCUT2D eigenvalue weighted by molar-refractivity contribution is 5.93. The molecule has 0 radical (unpaired) electrons. The van der Waals surface area contributed by atoms with Crippen molar-refractivity contribution in [3.63, 3.8) is 0 Å². The summed E-state index contributed by atoms with van der Waals surface area (Å²) in [6, 6.07) is 9.43. The first-order valence-corrected chi connectivity index (χ1v) is 11.5. The molecular weight excluding hydrogens is 446 g/mol. The van der Waals surface area contributed by atoms with E-state index in [1.165, 1.54) is 6.20 Å². The number of hydrogen-bond acceptors (Lipinski definition) is 6. The molecule has 0 saturated heterocycles. The molecule has 4 rings (SSSR count). The Morgan fingerprint density at radius 1 is 1.03 bits per heavy atom. The highest BCUT2D eigenvalue weighted by atomic mass is 16.4. The number of primary amides is 1. The van der Waals surface area contributed by atoms with Gasteiger partial charge < -0.3 is 15.5 Å². The van der Waals surface area contributed by atoms with E-state index in [1.54, 1.807) is 28.8 Å². The Balaban J connectivity index is 1.47. The number of aromatic nitrogens is 5. The van der Waals surface area contributed by atoms with Crippen molar-refractivity contribution in [1.29, 1.82) is 0 Å². The minimum absolute atomic E-state index is 0.250. The lowest BCUT2D eigenvalue weighted by Gasteiger charge is -2.15. The maximum absolute atomic E-state index is 12.8. The first kappa shape index (κ1) is 23.9. The number of oxazole rings is 1. The van der Waals surface area contributed by atoms with Crippen molar-refractivity contribution < 1.29 is 14.0 Å². The summed E-state index contributed by atoms with van der Waals surface area (Å²) in [5, 5.41) is 11.5. The number of carbonyl (C=O) groups is 2. The average Bonchev–Trinajstić information content (AvgIpc) is 3.59. The zero-order valence-electron chi connectivity index (χ0n) is 19.8. The number of benzene rings is 1. The van der Waals surface area contributed by atoms with Gasteiger partial charge in [0.1, 0.15) is 6.04 Å². The number of rotatable bonds is 11. The molecule has 10 nitrogen and oxygen atoms in total. The van der Waals surface area contributed by atoms with Crippen LogP contribution in [0.15, 0.2) is 59.5 Å². The zero-order chi connectivity index (χ0) is 24.8. The van der Waals surface area contributed by atoms with Gasteiger partial charge in [-0.1, -0.05) is 37.1 Å². The van der Waals surface area contributed by atoms with Crippen LogP contribution >= 0.6 is 0 Å². The van der Waals surface area contributed by atoms with Crippen LogP contribution in [-0.4, -0.2) is 36.4 Å². The molecule has 3 N–H and O–H groups in total. The molecule has 0 fully saturated rings. The average molecular weight is 476 g/mol. The second-order valence-electron chi connectivity index (χ2n) is 8.51. The van der Waals surface area contributed by atoms with Crippen LogP contribution in [0, 0.1) is 0 Å². The molecular formula is C25H29N7O3. The van der Waals surface area contributed by atoms with Gasteiger partial charge >= 0.3 is 0 Å². The van der Waals surface area contributed by atoms with Gasteiger partial charge in [0.05, 0.1) is 23.7 Å². The maximum atomic E-state index is 12.8. The quantitative estimate of drug-likeness (QED) is 0.319. The fourth-order valence-electron chi connectivity index (χ4n) is 3.82. The fourth-order valence-corrected chi connectivity index (χ4v) is 3.82. The first-order chi connectivity index (χ1) is 16.9. The number of carbonyl (C=O) groups excluding carboxylic acids is 2. The Hall–Kier alpha value is -4.21. The summed E-state index contributed by atoms with van der Waals surface area (Å²) in [7, 11) is 3.64. The van der Waals surface area contributed by atoms with Crippen molar-refractivity contribution in [2.75, 3.05) is 0 Å². The van der Waals surface area contributed by atoms with Crippen molar-refractivity contribution in [3.8, 4) is 22.6 Å². The van der Waals surface area contributed by atoms with E-state index in [-0.39, 0.29) is 11.8 Å². The molecule has 1 aromatic carbocycles. The Morgan fingerprint density at radius 3 is 2.46 bits per heavy atom. The van der Waals surface area contributed by atoms with Gasteiger partial charge in [-0.05, 0) is 18.9 Å². The predicted molar refractivity (Wildman–Crippen MR) is 130 cm³/mol. The molecule has 3 heterocycles. The second kappa shape index (κ2) is 10.8. The van der Waals surface area contributed by atoms with E-state index in [4.69, 9.17) is 10.2 Å². The lowest BCUT2D eigenvalue weighted by Crippen LogP contribution is -2.28. The van der Waals surface area contributed by atoms with E-state index in [2.05, 4.69) is 20.5 Å². The summed E-state index contributed by atoms with van der Waals surface area (Å²) in [6.07, 6.45) is 10.0. The Bertz CT molecular complexity index is 1290. The van der Waals surface area contributed by atoms with Crippen LogP contribution in [0.4, 0.5) is 0 Å². The fraction of sp³-hybridized carbons (Fsp3) is 0.320. The number of nitrogens with one attached hydrogen (secondary N) is 1. The summed E-state index contributed by atoms with van der Waals surface area (Å²) in [5.41, 5.74) is 8.47. The van der Waals surface area contributed by atoms with Gasteiger partial charge in [-0.2, -0.15) is 10.2 Å². The summed E-state index contributed by atoms with van der Waals surface area (Å²) < 4.78 is 9.42. The van der Waals surface area contributed by atoms with Crippen LogP contribution < -0.4 is 11.1 Å². The monoisotopic (exact) mass is 475 g/mol. The minimum atomic E-state index is -0.419. The van der Waals surface area contributed by atoms with E-state index >= 15 is 0 Å². The van der Waals surface area contributed by atoms with Crippen LogP contribution in [-0.2, 0) is 18.9 Å². The summed E-state index contributed by atoms with van der Waals surface area (Å²) in [4.78, 5) is 28.2. The van der Waals surface area contributed by atoms with Gasteiger partial charge in [0, 0.05) is 44.0 Å². The van der Waals surface area contributed by atoms with Crippen molar-refractivity contribution in [1.82, 2.24) is 29.9 Å². The number of unbranched alkanes of at least 4 members (excludes halogenated alkanes) is 2. The van der Waals surface area contributed by atoms with E-state index in [0.29, 0.717) is 36.5 Å². The van der Waals surface area contributed by atoms with E-state index in [1.807, 2.05) is 43.6 Å². The Labute approximate surface area is 203 Å². The molecule has 2 amide bonds. The van der Waals surface area contributed by atoms with Gasteiger partial charge in [0.15, 0.2) is 5.76 Å². The molecule has 0 spiro atoms. The maximum Gasteiger partial charge on any atom is 0.255 e. The van der Waals surface area contributed by atoms with Crippen LogP contribution in [0.5, 0.6) is 0 Å². The normalized spacial score (nSPS) is 11.9. The lowest BCUT2D eigenvalue weighted by molar-refractivity contribution is -0.118. The number of hydrogen-bond donors (Lipinski definition) is 2. The van der Waals surface area contributed by atoms with Crippen LogP contribution in [0.1, 0.15) is 54.4 Å². The highest BCUT2D eigenvalue weighted by Gasteiger charge is 2.22. The molecule has 35 heavy (non-hydrogen) atoms. The van der Waals surface area contributed by atoms with Crippen LogP contribution in [0.25, 0.3) is 22.6 Å². The Morgan fingerprint density at radius 2 is 1.80 bits per heavy atom. The number of nitrogens with two attached hydrogens (primary N) is 1. The van der Waals surface area contributed by atoms with Gasteiger partial charge in [0.2, 0.25) is 11.8 Å². The third-order valence-electron chi connectivity index (χ3n) is 5.69. The molecule has 3 aromatic heterocycles. The molecule has 1 unspecified atom stereocenters. The van der Waals surface area contributed by atoms with Crippen LogP contribution in [0.3, 0.4) is 0 Å². The standard InChI is InChI=1S/C25H29N7O3/c1-31-13-12-20(30-31)17-8-10-18(11-9-17)22-15-27-25(35-22)21(6-4-3-5-7-23(26)33)29-24(34)19-14-28-32(2)16-19/h8-16,21H,3-7H2,1-2H3,(H2,26,33)(H,29,34). The molecule has 0 bridgehead atoms. The van der Waals surface area contributed by atoms with Crippen molar-refractivity contribution in [2.45, 2.75) is 38.1 Å². The first-order valence-electron chi connectivity index (χ1n) is 11.5.